The molecule has 0 radical (unpaired) electrons. The SMILES string of the molecule is O=C(Nc1ccc2c(c1)OCO2)C1CC12CCN(C(=O)NC1CCCCC1)C2. The van der Waals surface area contributed by atoms with Gasteiger partial charge in [0.05, 0.1) is 0 Å². The van der Waals surface area contributed by atoms with Gasteiger partial charge in [0.15, 0.2) is 11.5 Å². The van der Waals surface area contributed by atoms with Crippen LogP contribution in [0.1, 0.15) is 44.9 Å². The van der Waals surface area contributed by atoms with Crippen molar-refractivity contribution < 1.29 is 19.1 Å². The molecule has 2 saturated carbocycles. The molecule has 2 aliphatic carbocycles. The molecule has 2 atom stereocenters. The Hall–Kier alpha value is -2.44. The van der Waals surface area contributed by atoms with Crippen LogP contribution in [-0.2, 0) is 4.79 Å². The van der Waals surface area contributed by atoms with Crippen LogP contribution in [0.25, 0.3) is 0 Å². The van der Waals surface area contributed by atoms with Gasteiger partial charge in [0, 0.05) is 42.2 Å². The Morgan fingerprint density at radius 1 is 1.11 bits per heavy atom. The summed E-state index contributed by atoms with van der Waals surface area (Å²) in [7, 11) is 0. The summed E-state index contributed by atoms with van der Waals surface area (Å²) in [5.41, 5.74) is 0.686. The number of hydrogen-bond acceptors (Lipinski definition) is 4. The van der Waals surface area contributed by atoms with Crippen LogP contribution in [0.5, 0.6) is 11.5 Å². The predicted molar refractivity (Wildman–Crippen MR) is 103 cm³/mol. The molecule has 150 valence electrons. The second-order valence-electron chi connectivity index (χ2n) is 8.63. The third-order valence-corrected chi connectivity index (χ3v) is 6.75. The Bertz CT molecular complexity index is 792. The van der Waals surface area contributed by atoms with Crippen molar-refractivity contribution >= 4 is 17.6 Å². The van der Waals surface area contributed by atoms with Crippen molar-refractivity contribution in [1.29, 1.82) is 0 Å². The molecule has 1 saturated heterocycles. The monoisotopic (exact) mass is 385 g/mol. The molecule has 2 aliphatic heterocycles. The van der Waals surface area contributed by atoms with Crippen LogP contribution in [0.15, 0.2) is 18.2 Å². The van der Waals surface area contributed by atoms with E-state index in [9.17, 15) is 9.59 Å². The van der Waals surface area contributed by atoms with E-state index in [0.717, 1.165) is 37.9 Å². The lowest BCUT2D eigenvalue weighted by Crippen LogP contribution is -2.44. The average Bonchev–Trinajstić information content (AvgIpc) is 3.02. The maximum absolute atomic E-state index is 12.7. The van der Waals surface area contributed by atoms with Gasteiger partial charge in [-0.2, -0.15) is 0 Å². The Morgan fingerprint density at radius 3 is 2.79 bits per heavy atom. The van der Waals surface area contributed by atoms with Crippen LogP contribution in [0, 0.1) is 11.3 Å². The number of nitrogens with one attached hydrogen (secondary N) is 2. The van der Waals surface area contributed by atoms with E-state index in [4.69, 9.17) is 9.47 Å². The van der Waals surface area contributed by atoms with E-state index in [1.165, 1.54) is 19.3 Å². The van der Waals surface area contributed by atoms with Crippen molar-refractivity contribution in [3.05, 3.63) is 18.2 Å². The first kappa shape index (κ1) is 17.6. The van der Waals surface area contributed by atoms with Gasteiger partial charge in [0.1, 0.15) is 0 Å². The Morgan fingerprint density at radius 2 is 1.93 bits per heavy atom. The van der Waals surface area contributed by atoms with Gasteiger partial charge in [0.25, 0.3) is 0 Å². The molecule has 3 amide bonds. The lowest BCUT2D eigenvalue weighted by molar-refractivity contribution is -0.118. The lowest BCUT2D eigenvalue weighted by Gasteiger charge is -2.26. The Balaban J connectivity index is 1.15. The summed E-state index contributed by atoms with van der Waals surface area (Å²) in [5, 5.41) is 6.20. The van der Waals surface area contributed by atoms with Crippen LogP contribution in [0.4, 0.5) is 10.5 Å². The van der Waals surface area contributed by atoms with Crippen LogP contribution in [-0.4, -0.2) is 42.8 Å². The first-order valence-corrected chi connectivity index (χ1v) is 10.4. The number of carbonyl (C=O) groups excluding carboxylic acids is 2. The molecule has 28 heavy (non-hydrogen) atoms. The van der Waals surface area contributed by atoms with Crippen LogP contribution in [0.2, 0.25) is 0 Å². The number of anilines is 1. The Kier molecular flexibility index (Phi) is 4.33. The number of ether oxygens (including phenoxy) is 2. The van der Waals surface area contributed by atoms with Crippen molar-refractivity contribution in [2.45, 2.75) is 51.0 Å². The molecular weight excluding hydrogens is 358 g/mol. The van der Waals surface area contributed by atoms with Crippen molar-refractivity contribution in [2.24, 2.45) is 11.3 Å². The van der Waals surface area contributed by atoms with E-state index in [-0.39, 0.29) is 30.1 Å². The summed E-state index contributed by atoms with van der Waals surface area (Å²) in [6.07, 6.45) is 7.63. The summed E-state index contributed by atoms with van der Waals surface area (Å²) in [6, 6.07) is 5.81. The number of urea groups is 1. The zero-order valence-corrected chi connectivity index (χ0v) is 16.0. The third-order valence-electron chi connectivity index (χ3n) is 6.75. The lowest BCUT2D eigenvalue weighted by atomic mass is 9.96. The number of likely N-dealkylation sites (tertiary alicyclic amines) is 1. The highest BCUT2D eigenvalue weighted by Crippen LogP contribution is 2.58. The molecule has 1 spiro atoms. The molecular formula is C21H27N3O4. The number of rotatable bonds is 3. The van der Waals surface area contributed by atoms with Crippen molar-refractivity contribution in [1.82, 2.24) is 10.2 Å². The molecule has 0 bridgehead atoms. The number of nitrogens with zero attached hydrogens (tertiary/aromatic N) is 1. The van der Waals surface area contributed by atoms with Crippen molar-refractivity contribution in [2.75, 3.05) is 25.2 Å². The molecule has 4 aliphatic rings. The molecule has 2 unspecified atom stereocenters. The highest BCUT2D eigenvalue weighted by molar-refractivity contribution is 5.95. The fraction of sp³-hybridized carbons (Fsp3) is 0.619. The molecule has 7 heteroatoms. The maximum atomic E-state index is 12.7. The predicted octanol–water partition coefficient (Wildman–Crippen LogP) is 3.11. The second kappa shape index (κ2) is 6.87. The minimum Gasteiger partial charge on any atom is -0.454 e. The minimum absolute atomic E-state index is 0.0228. The highest BCUT2D eigenvalue weighted by atomic mass is 16.7. The minimum atomic E-state index is -0.0374. The number of amides is 3. The standard InChI is InChI=1S/C21H27N3O4/c25-19(22-15-6-7-17-18(10-15)28-13-27-17)16-11-21(16)8-9-24(12-21)20(26)23-14-4-2-1-3-5-14/h6-7,10,14,16H,1-5,8-9,11-13H2,(H,22,25)(H,23,26). The van der Waals surface area contributed by atoms with Crippen LogP contribution in [0.3, 0.4) is 0 Å². The molecule has 2 heterocycles. The van der Waals surface area contributed by atoms with Crippen molar-refractivity contribution in [3.8, 4) is 11.5 Å². The van der Waals surface area contributed by atoms with Crippen LogP contribution >= 0.6 is 0 Å². The van der Waals surface area contributed by atoms with E-state index >= 15 is 0 Å². The summed E-state index contributed by atoms with van der Waals surface area (Å²) < 4.78 is 10.7. The summed E-state index contributed by atoms with van der Waals surface area (Å²) in [4.78, 5) is 27.2. The average molecular weight is 385 g/mol. The molecule has 7 nitrogen and oxygen atoms in total. The van der Waals surface area contributed by atoms with Gasteiger partial charge in [-0.15, -0.1) is 0 Å². The number of carbonyl (C=O) groups is 2. The van der Waals surface area contributed by atoms with E-state index in [1.807, 2.05) is 17.0 Å². The van der Waals surface area contributed by atoms with Gasteiger partial charge in [-0.3, -0.25) is 4.79 Å². The van der Waals surface area contributed by atoms with Crippen molar-refractivity contribution in [3.63, 3.8) is 0 Å². The van der Waals surface area contributed by atoms with E-state index in [0.29, 0.717) is 24.1 Å². The zero-order chi connectivity index (χ0) is 19.1. The first-order chi connectivity index (χ1) is 13.6. The molecule has 2 N–H and O–H groups in total. The van der Waals surface area contributed by atoms with Gasteiger partial charge < -0.3 is 25.0 Å². The number of benzene rings is 1. The summed E-state index contributed by atoms with van der Waals surface area (Å²) >= 11 is 0. The topological polar surface area (TPSA) is 79.9 Å². The first-order valence-electron chi connectivity index (χ1n) is 10.4. The van der Waals surface area contributed by atoms with E-state index in [1.54, 1.807) is 6.07 Å². The molecule has 5 rings (SSSR count). The third kappa shape index (κ3) is 3.27. The zero-order valence-electron chi connectivity index (χ0n) is 16.0. The molecule has 3 fully saturated rings. The quantitative estimate of drug-likeness (QED) is 0.838. The largest absolute Gasteiger partial charge is 0.454 e. The van der Waals surface area contributed by atoms with Gasteiger partial charge in [-0.1, -0.05) is 19.3 Å². The van der Waals surface area contributed by atoms with Gasteiger partial charge in [-0.05, 0) is 37.8 Å². The maximum Gasteiger partial charge on any atom is 0.317 e. The Labute approximate surface area is 164 Å². The molecule has 1 aromatic carbocycles. The van der Waals surface area contributed by atoms with E-state index < -0.39 is 0 Å². The normalized spacial score (nSPS) is 28.4. The van der Waals surface area contributed by atoms with Gasteiger partial charge in [-0.25, -0.2) is 4.79 Å². The van der Waals surface area contributed by atoms with Gasteiger partial charge >= 0.3 is 6.03 Å². The highest BCUT2D eigenvalue weighted by Gasteiger charge is 2.61. The summed E-state index contributed by atoms with van der Waals surface area (Å²) in [5.74, 6) is 1.38. The number of hydrogen-bond donors (Lipinski definition) is 2. The second-order valence-corrected chi connectivity index (χ2v) is 8.63. The van der Waals surface area contributed by atoms with Crippen LogP contribution < -0.4 is 20.1 Å². The molecule has 1 aromatic rings. The summed E-state index contributed by atoms with van der Waals surface area (Å²) in [6.45, 7) is 1.65. The smallest absolute Gasteiger partial charge is 0.317 e. The fourth-order valence-corrected chi connectivity index (χ4v) is 4.96. The van der Waals surface area contributed by atoms with Gasteiger partial charge in [0.2, 0.25) is 12.7 Å². The fourth-order valence-electron chi connectivity index (χ4n) is 4.96. The molecule has 0 aromatic heterocycles. The number of fused-ring (bicyclic) bond motifs is 1. The van der Waals surface area contributed by atoms with E-state index in [2.05, 4.69) is 10.6 Å².